The Bertz CT molecular complexity index is 941. The second-order valence-electron chi connectivity index (χ2n) is 8.41. The van der Waals surface area contributed by atoms with Gasteiger partial charge in [-0.3, -0.25) is 4.90 Å². The molecule has 2 aliphatic rings. The van der Waals surface area contributed by atoms with E-state index in [1.165, 1.54) is 5.69 Å². The molecule has 7 nitrogen and oxygen atoms in total. The van der Waals surface area contributed by atoms with Crippen LogP contribution in [0.5, 0.6) is 17.2 Å². The molecule has 2 aromatic rings. The number of rotatable bonds is 10. The highest BCUT2D eigenvalue weighted by atomic mass is 16.6. The molecule has 1 saturated heterocycles. The minimum Gasteiger partial charge on any atom is -0.493 e. The molecule has 0 saturated carbocycles. The number of nitrogens with zero attached hydrogens (tertiary/aromatic N) is 3. The normalized spacial score (nSPS) is 18.6. The lowest BCUT2D eigenvalue weighted by Crippen LogP contribution is -2.46. The van der Waals surface area contributed by atoms with Crippen LogP contribution in [0, 0.1) is 0 Å². The highest BCUT2D eigenvalue weighted by molar-refractivity contribution is 6.01. The maximum atomic E-state index is 5.81. The number of oxime groups is 1. The van der Waals surface area contributed by atoms with Gasteiger partial charge in [0.05, 0.1) is 32.2 Å². The average molecular weight is 454 g/mol. The van der Waals surface area contributed by atoms with Crippen molar-refractivity contribution in [3.05, 3.63) is 48.0 Å². The number of hydrogen-bond acceptors (Lipinski definition) is 7. The number of anilines is 1. The van der Waals surface area contributed by atoms with E-state index in [2.05, 4.69) is 33.2 Å². The lowest BCUT2D eigenvalue weighted by atomic mass is 10.0. The van der Waals surface area contributed by atoms with E-state index in [-0.39, 0.29) is 6.10 Å². The zero-order valence-corrected chi connectivity index (χ0v) is 20.0. The van der Waals surface area contributed by atoms with Gasteiger partial charge >= 0.3 is 0 Å². The van der Waals surface area contributed by atoms with E-state index in [1.807, 2.05) is 31.2 Å². The van der Waals surface area contributed by atoms with Gasteiger partial charge in [-0.15, -0.1) is 0 Å². The van der Waals surface area contributed by atoms with Crippen molar-refractivity contribution in [2.45, 2.75) is 32.3 Å². The molecule has 0 amide bonds. The van der Waals surface area contributed by atoms with Crippen molar-refractivity contribution in [1.82, 2.24) is 4.90 Å². The van der Waals surface area contributed by atoms with E-state index < -0.39 is 0 Å². The SMILES string of the molecule is CCOc1ccccc1N1CCN(CCC[C@@H]2CC(c3ccc(OC)c(OC)c3)=NO2)CC1. The van der Waals surface area contributed by atoms with Gasteiger partial charge in [0.25, 0.3) is 0 Å². The fraction of sp³-hybridized carbons (Fsp3) is 0.500. The second-order valence-corrected chi connectivity index (χ2v) is 8.41. The molecule has 178 valence electrons. The third-order valence-electron chi connectivity index (χ3n) is 6.33. The first-order valence-corrected chi connectivity index (χ1v) is 11.9. The summed E-state index contributed by atoms with van der Waals surface area (Å²) in [6.45, 7) is 8.00. The molecule has 2 aromatic carbocycles. The van der Waals surface area contributed by atoms with E-state index in [1.54, 1.807) is 14.2 Å². The van der Waals surface area contributed by atoms with Crippen LogP contribution in [0.4, 0.5) is 5.69 Å². The Morgan fingerprint density at radius 2 is 1.76 bits per heavy atom. The van der Waals surface area contributed by atoms with Gasteiger partial charge in [0.1, 0.15) is 11.9 Å². The van der Waals surface area contributed by atoms with Gasteiger partial charge in [0.15, 0.2) is 11.5 Å². The van der Waals surface area contributed by atoms with Crippen molar-refractivity contribution in [2.75, 3.05) is 58.5 Å². The van der Waals surface area contributed by atoms with Gasteiger partial charge in [-0.1, -0.05) is 17.3 Å². The highest BCUT2D eigenvalue weighted by Crippen LogP contribution is 2.31. The smallest absolute Gasteiger partial charge is 0.161 e. The number of hydrogen-bond donors (Lipinski definition) is 0. The molecule has 33 heavy (non-hydrogen) atoms. The highest BCUT2D eigenvalue weighted by Gasteiger charge is 2.24. The summed E-state index contributed by atoms with van der Waals surface area (Å²) in [6.07, 6.45) is 3.09. The minimum absolute atomic E-state index is 0.146. The summed E-state index contributed by atoms with van der Waals surface area (Å²) in [5, 5.41) is 4.34. The van der Waals surface area contributed by atoms with E-state index >= 15 is 0 Å². The molecule has 7 heteroatoms. The van der Waals surface area contributed by atoms with Gasteiger partial charge in [-0.25, -0.2) is 0 Å². The summed E-state index contributed by atoms with van der Waals surface area (Å²) in [6, 6.07) is 14.2. The Labute approximate surface area is 196 Å². The molecule has 0 bridgehead atoms. The molecule has 1 atom stereocenters. The molecule has 2 heterocycles. The first-order valence-electron chi connectivity index (χ1n) is 11.9. The molecular weight excluding hydrogens is 418 g/mol. The molecule has 0 aliphatic carbocycles. The van der Waals surface area contributed by atoms with Crippen molar-refractivity contribution >= 4 is 11.4 Å². The van der Waals surface area contributed by atoms with E-state index in [9.17, 15) is 0 Å². The Balaban J connectivity index is 1.20. The molecule has 0 spiro atoms. The molecule has 0 aromatic heterocycles. The third-order valence-corrected chi connectivity index (χ3v) is 6.33. The van der Waals surface area contributed by atoms with Crippen LogP contribution in [0.2, 0.25) is 0 Å². The predicted octanol–water partition coefficient (Wildman–Crippen LogP) is 4.20. The van der Waals surface area contributed by atoms with Gasteiger partial charge in [-0.2, -0.15) is 0 Å². The number of piperazine rings is 1. The van der Waals surface area contributed by atoms with Crippen LogP contribution in [0.1, 0.15) is 31.7 Å². The first kappa shape index (κ1) is 23.2. The standard InChI is InChI=1S/C26H35N3O4/c1-4-32-24-10-6-5-9-23(24)29-16-14-28(15-17-29)13-7-8-21-19-22(27-33-21)20-11-12-25(30-2)26(18-20)31-3/h5-6,9-12,18,21H,4,7-8,13-17,19H2,1-3H3/t21-/m1/s1. The molecular formula is C26H35N3O4. The van der Waals surface area contributed by atoms with Crippen LogP contribution in [0.3, 0.4) is 0 Å². The maximum absolute atomic E-state index is 5.81. The molecule has 4 rings (SSSR count). The summed E-state index contributed by atoms with van der Waals surface area (Å²) in [4.78, 5) is 10.7. The summed E-state index contributed by atoms with van der Waals surface area (Å²) in [5.74, 6) is 2.42. The van der Waals surface area contributed by atoms with Crippen molar-refractivity contribution in [2.24, 2.45) is 5.16 Å². The van der Waals surface area contributed by atoms with E-state index in [0.717, 1.165) is 74.8 Å². The van der Waals surface area contributed by atoms with Crippen molar-refractivity contribution < 1.29 is 19.0 Å². The summed E-state index contributed by atoms with van der Waals surface area (Å²) >= 11 is 0. The average Bonchev–Trinajstić information content (AvgIpc) is 3.33. The van der Waals surface area contributed by atoms with Gasteiger partial charge in [-0.05, 0) is 56.6 Å². The van der Waals surface area contributed by atoms with Gasteiger partial charge in [0.2, 0.25) is 0 Å². The molecule has 2 aliphatic heterocycles. The van der Waals surface area contributed by atoms with Crippen molar-refractivity contribution in [1.29, 1.82) is 0 Å². The van der Waals surface area contributed by atoms with E-state index in [0.29, 0.717) is 12.4 Å². The maximum Gasteiger partial charge on any atom is 0.161 e. The Kier molecular flexibility index (Phi) is 7.94. The van der Waals surface area contributed by atoms with Crippen LogP contribution >= 0.6 is 0 Å². The van der Waals surface area contributed by atoms with Gasteiger partial charge in [0, 0.05) is 38.2 Å². The molecule has 0 unspecified atom stereocenters. The number of benzene rings is 2. The number of methoxy groups -OCH3 is 2. The lowest BCUT2D eigenvalue weighted by molar-refractivity contribution is 0.0745. The van der Waals surface area contributed by atoms with Gasteiger partial charge < -0.3 is 23.9 Å². The molecule has 0 N–H and O–H groups in total. The van der Waals surface area contributed by atoms with E-state index in [4.69, 9.17) is 19.0 Å². The van der Waals surface area contributed by atoms with Crippen molar-refractivity contribution in [3.63, 3.8) is 0 Å². The van der Waals surface area contributed by atoms with Crippen molar-refractivity contribution in [3.8, 4) is 17.2 Å². The Hall–Kier alpha value is -2.93. The Morgan fingerprint density at radius 3 is 2.52 bits per heavy atom. The van der Waals surface area contributed by atoms with Crippen LogP contribution in [0.15, 0.2) is 47.6 Å². The van der Waals surface area contributed by atoms with Crippen LogP contribution in [-0.4, -0.2) is 70.3 Å². The largest absolute Gasteiger partial charge is 0.493 e. The van der Waals surface area contributed by atoms with Crippen LogP contribution < -0.4 is 19.1 Å². The third kappa shape index (κ3) is 5.71. The lowest BCUT2D eigenvalue weighted by Gasteiger charge is -2.36. The topological polar surface area (TPSA) is 55.8 Å². The zero-order chi connectivity index (χ0) is 23.0. The fourth-order valence-corrected chi connectivity index (χ4v) is 4.52. The monoisotopic (exact) mass is 453 g/mol. The zero-order valence-electron chi connectivity index (χ0n) is 20.0. The fourth-order valence-electron chi connectivity index (χ4n) is 4.52. The summed E-state index contributed by atoms with van der Waals surface area (Å²) in [7, 11) is 3.29. The Morgan fingerprint density at radius 1 is 0.970 bits per heavy atom. The summed E-state index contributed by atoms with van der Waals surface area (Å²) < 4.78 is 16.5. The summed E-state index contributed by atoms with van der Waals surface area (Å²) in [5.41, 5.74) is 3.21. The molecule has 0 radical (unpaired) electrons. The minimum atomic E-state index is 0.146. The first-order chi connectivity index (χ1) is 16.2. The van der Waals surface area contributed by atoms with Crippen LogP contribution in [-0.2, 0) is 4.84 Å². The second kappa shape index (κ2) is 11.3. The quantitative estimate of drug-likeness (QED) is 0.538. The number of ether oxygens (including phenoxy) is 3. The number of para-hydroxylation sites is 2. The molecule has 1 fully saturated rings. The predicted molar refractivity (Wildman–Crippen MR) is 131 cm³/mol. The van der Waals surface area contributed by atoms with Crippen LogP contribution in [0.25, 0.3) is 0 Å².